The highest BCUT2D eigenvalue weighted by Crippen LogP contribution is 2.50. The molecule has 0 aromatic rings. The summed E-state index contributed by atoms with van der Waals surface area (Å²) in [6, 6.07) is 0. The van der Waals surface area contributed by atoms with Gasteiger partial charge in [-0.15, -0.1) is 0 Å². The molecule has 3 aliphatic rings. The first-order chi connectivity index (χ1) is 5.97. The van der Waals surface area contributed by atoms with Crippen molar-refractivity contribution in [2.45, 2.75) is 25.7 Å². The van der Waals surface area contributed by atoms with E-state index in [0.717, 1.165) is 11.8 Å². The summed E-state index contributed by atoms with van der Waals surface area (Å²) in [6.07, 6.45) is 14.8. The Labute approximate surface area is 73.7 Å². The van der Waals surface area contributed by atoms with Crippen LogP contribution in [0.4, 0.5) is 0 Å². The quantitative estimate of drug-likeness (QED) is 0.507. The molecule has 0 heteroatoms. The molecule has 1 fully saturated rings. The molecule has 0 aromatic heterocycles. The van der Waals surface area contributed by atoms with Gasteiger partial charge in [-0.3, -0.25) is 0 Å². The van der Waals surface area contributed by atoms with Gasteiger partial charge in [-0.1, -0.05) is 36.3 Å². The molecule has 0 nitrogen and oxygen atoms in total. The van der Waals surface area contributed by atoms with Crippen molar-refractivity contribution in [2.24, 2.45) is 11.8 Å². The Bertz CT molecular complexity index is 291. The van der Waals surface area contributed by atoms with E-state index in [4.69, 9.17) is 0 Å². The van der Waals surface area contributed by atoms with E-state index in [0.29, 0.717) is 0 Å². The second kappa shape index (κ2) is 2.35. The van der Waals surface area contributed by atoms with Gasteiger partial charge < -0.3 is 0 Å². The average molecular weight is 158 g/mol. The van der Waals surface area contributed by atoms with Crippen LogP contribution in [-0.2, 0) is 0 Å². The molecule has 2 atom stereocenters. The van der Waals surface area contributed by atoms with E-state index < -0.39 is 0 Å². The first kappa shape index (κ1) is 6.71. The minimum atomic E-state index is 0.810. The lowest BCUT2D eigenvalue weighted by Gasteiger charge is -2.43. The molecular formula is C12H14. The Morgan fingerprint density at radius 3 is 3.17 bits per heavy atom. The summed E-state index contributed by atoms with van der Waals surface area (Å²) >= 11 is 0. The molecular weight excluding hydrogens is 144 g/mol. The van der Waals surface area contributed by atoms with Crippen molar-refractivity contribution in [3.05, 3.63) is 35.5 Å². The van der Waals surface area contributed by atoms with Crippen LogP contribution in [0.2, 0.25) is 0 Å². The van der Waals surface area contributed by atoms with Gasteiger partial charge in [0.05, 0.1) is 0 Å². The molecule has 3 aliphatic carbocycles. The van der Waals surface area contributed by atoms with Crippen molar-refractivity contribution in [1.29, 1.82) is 0 Å². The third-order valence-electron chi connectivity index (χ3n) is 3.53. The van der Waals surface area contributed by atoms with Crippen LogP contribution in [0.3, 0.4) is 0 Å². The van der Waals surface area contributed by atoms with E-state index in [1.807, 2.05) is 0 Å². The van der Waals surface area contributed by atoms with Gasteiger partial charge in [-0.25, -0.2) is 0 Å². The molecule has 0 aliphatic heterocycles. The standard InChI is InChI=1S/C12H14/c1-2-6-10-9(5-1)11-7-3-4-8-12(10)11/h1-2,5-6,9,11H,3-4,7-8H2. The smallest absolute Gasteiger partial charge is 0.00864 e. The lowest BCUT2D eigenvalue weighted by atomic mass is 9.61. The summed E-state index contributed by atoms with van der Waals surface area (Å²) in [5.41, 5.74) is 3.44. The summed E-state index contributed by atoms with van der Waals surface area (Å²) in [5, 5.41) is 0. The third kappa shape index (κ3) is 0.730. The van der Waals surface area contributed by atoms with E-state index in [9.17, 15) is 0 Å². The van der Waals surface area contributed by atoms with E-state index in [1.54, 1.807) is 11.1 Å². The van der Waals surface area contributed by atoms with Crippen LogP contribution in [0.15, 0.2) is 35.5 Å². The fraction of sp³-hybridized carbons (Fsp3) is 0.500. The van der Waals surface area contributed by atoms with Crippen LogP contribution < -0.4 is 0 Å². The minimum Gasteiger partial charge on any atom is -0.0764 e. The van der Waals surface area contributed by atoms with Gasteiger partial charge in [0.25, 0.3) is 0 Å². The highest BCUT2D eigenvalue weighted by Gasteiger charge is 2.38. The number of hydrogen-bond donors (Lipinski definition) is 0. The summed E-state index contributed by atoms with van der Waals surface area (Å²) < 4.78 is 0. The second-order valence-corrected chi connectivity index (χ2v) is 4.10. The Hall–Kier alpha value is -0.780. The Kier molecular flexibility index (Phi) is 1.31. The number of rotatable bonds is 0. The highest BCUT2D eigenvalue weighted by molar-refractivity contribution is 5.47. The van der Waals surface area contributed by atoms with Crippen molar-refractivity contribution in [1.82, 2.24) is 0 Å². The fourth-order valence-electron chi connectivity index (χ4n) is 2.93. The van der Waals surface area contributed by atoms with Crippen molar-refractivity contribution in [3.63, 3.8) is 0 Å². The van der Waals surface area contributed by atoms with Crippen LogP contribution in [0.1, 0.15) is 25.7 Å². The third-order valence-corrected chi connectivity index (χ3v) is 3.53. The minimum absolute atomic E-state index is 0.810. The Morgan fingerprint density at radius 1 is 1.17 bits per heavy atom. The molecule has 0 spiro atoms. The average Bonchev–Trinajstić information content (AvgIpc) is 2.14. The second-order valence-electron chi connectivity index (χ2n) is 4.10. The molecule has 0 radical (unpaired) electrons. The highest BCUT2D eigenvalue weighted by atomic mass is 14.4. The van der Waals surface area contributed by atoms with Gasteiger partial charge >= 0.3 is 0 Å². The zero-order valence-corrected chi connectivity index (χ0v) is 7.29. The molecule has 0 N–H and O–H groups in total. The van der Waals surface area contributed by atoms with E-state index in [2.05, 4.69) is 24.3 Å². The molecule has 2 unspecified atom stereocenters. The van der Waals surface area contributed by atoms with Crippen LogP contribution in [0.25, 0.3) is 0 Å². The molecule has 0 aromatic carbocycles. The molecule has 0 saturated heterocycles. The monoisotopic (exact) mass is 158 g/mol. The largest absolute Gasteiger partial charge is 0.0764 e. The van der Waals surface area contributed by atoms with E-state index in [-0.39, 0.29) is 0 Å². The van der Waals surface area contributed by atoms with E-state index >= 15 is 0 Å². The predicted molar refractivity (Wildman–Crippen MR) is 50.8 cm³/mol. The van der Waals surface area contributed by atoms with E-state index in [1.165, 1.54) is 25.7 Å². The van der Waals surface area contributed by atoms with Crippen molar-refractivity contribution >= 4 is 0 Å². The molecule has 3 rings (SSSR count). The van der Waals surface area contributed by atoms with Gasteiger partial charge in [0.2, 0.25) is 0 Å². The first-order valence-electron chi connectivity index (χ1n) is 5.04. The maximum Gasteiger partial charge on any atom is 0.00864 e. The predicted octanol–water partition coefficient (Wildman–Crippen LogP) is 3.23. The maximum absolute atomic E-state index is 2.38. The molecule has 0 bridgehead atoms. The molecule has 62 valence electrons. The SMILES string of the molecule is C1=CC2=C3CCCCC3C2C=C1. The lowest BCUT2D eigenvalue weighted by molar-refractivity contribution is 0.341. The van der Waals surface area contributed by atoms with Crippen LogP contribution >= 0.6 is 0 Å². The summed E-state index contributed by atoms with van der Waals surface area (Å²) in [6.45, 7) is 0. The van der Waals surface area contributed by atoms with Gasteiger partial charge in [-0.2, -0.15) is 0 Å². The van der Waals surface area contributed by atoms with Crippen LogP contribution in [-0.4, -0.2) is 0 Å². The summed E-state index contributed by atoms with van der Waals surface area (Å²) in [4.78, 5) is 0. The zero-order valence-electron chi connectivity index (χ0n) is 7.29. The fourth-order valence-corrected chi connectivity index (χ4v) is 2.93. The zero-order chi connectivity index (χ0) is 7.97. The number of fused-ring (bicyclic) bond motifs is 3. The first-order valence-corrected chi connectivity index (χ1v) is 5.04. The van der Waals surface area contributed by atoms with Crippen LogP contribution in [0, 0.1) is 11.8 Å². The van der Waals surface area contributed by atoms with Crippen molar-refractivity contribution < 1.29 is 0 Å². The number of hydrogen-bond acceptors (Lipinski definition) is 0. The van der Waals surface area contributed by atoms with Gasteiger partial charge in [0, 0.05) is 5.92 Å². The Morgan fingerprint density at radius 2 is 2.17 bits per heavy atom. The topological polar surface area (TPSA) is 0 Å². The normalized spacial score (nSPS) is 37.3. The van der Waals surface area contributed by atoms with Crippen LogP contribution in [0.5, 0.6) is 0 Å². The van der Waals surface area contributed by atoms with Crippen molar-refractivity contribution in [2.75, 3.05) is 0 Å². The van der Waals surface area contributed by atoms with Gasteiger partial charge in [0.15, 0.2) is 0 Å². The molecule has 12 heavy (non-hydrogen) atoms. The van der Waals surface area contributed by atoms with Gasteiger partial charge in [0.1, 0.15) is 0 Å². The summed E-state index contributed by atoms with van der Waals surface area (Å²) in [7, 11) is 0. The molecule has 1 saturated carbocycles. The molecule has 0 amide bonds. The van der Waals surface area contributed by atoms with Gasteiger partial charge in [-0.05, 0) is 30.8 Å². The Balaban J connectivity index is 2.00. The molecule has 0 heterocycles. The summed E-state index contributed by atoms with van der Waals surface area (Å²) in [5.74, 6) is 1.75. The maximum atomic E-state index is 2.38. The number of allylic oxidation sites excluding steroid dienone is 6. The van der Waals surface area contributed by atoms with Crippen molar-refractivity contribution in [3.8, 4) is 0 Å². The lowest BCUT2D eigenvalue weighted by Crippen LogP contribution is -2.32.